The van der Waals surface area contributed by atoms with E-state index in [-0.39, 0.29) is 11.6 Å². The minimum Gasteiger partial charge on any atom is -0.494 e. The number of nitrogens with zero attached hydrogens (tertiary/aromatic N) is 1. The Morgan fingerprint density at radius 3 is 2.56 bits per heavy atom. The van der Waals surface area contributed by atoms with Gasteiger partial charge in [0.15, 0.2) is 5.82 Å². The number of nitrogens with one attached hydrogen (secondary N) is 1. The monoisotopic (exact) mass is 434 g/mol. The molecule has 0 saturated heterocycles. The number of furan rings is 1. The van der Waals surface area contributed by atoms with Gasteiger partial charge in [-0.3, -0.25) is 4.79 Å². The number of amides is 1. The summed E-state index contributed by atoms with van der Waals surface area (Å²) >= 11 is 0. The van der Waals surface area contributed by atoms with Crippen LogP contribution in [-0.4, -0.2) is 23.6 Å². The molecule has 0 aliphatic heterocycles. The molecule has 0 aliphatic carbocycles. The third-order valence-electron chi connectivity index (χ3n) is 4.85. The first-order valence-corrected chi connectivity index (χ1v) is 10.1. The first-order chi connectivity index (χ1) is 15.5. The Labute approximate surface area is 184 Å². The van der Waals surface area contributed by atoms with E-state index in [0.717, 1.165) is 5.39 Å². The van der Waals surface area contributed by atoms with Crippen molar-refractivity contribution in [1.29, 1.82) is 0 Å². The van der Waals surface area contributed by atoms with E-state index in [9.17, 15) is 9.59 Å². The van der Waals surface area contributed by atoms with Gasteiger partial charge in [-0.15, -0.1) is 0 Å². The molecule has 0 saturated carbocycles. The fourth-order valence-electron chi connectivity index (χ4n) is 3.33. The normalized spacial score (nSPS) is 11.8. The van der Waals surface area contributed by atoms with E-state index in [0.29, 0.717) is 34.8 Å². The molecule has 8 nitrogen and oxygen atoms in total. The second kappa shape index (κ2) is 8.97. The maximum absolute atomic E-state index is 13.0. The number of fused-ring (bicyclic) bond motifs is 1. The van der Waals surface area contributed by atoms with Crippen molar-refractivity contribution in [3.8, 4) is 5.75 Å². The molecule has 0 bridgehead atoms. The zero-order chi connectivity index (χ0) is 22.7. The topological polar surface area (TPSA) is 104 Å². The SMILES string of the molecule is CCOc1ccc2oc(C(=O)OC(C(=O)Nc3cc(C)on3)c3ccccc3)c(C)c2c1. The first-order valence-electron chi connectivity index (χ1n) is 10.1. The minimum absolute atomic E-state index is 0.0275. The van der Waals surface area contributed by atoms with Gasteiger partial charge in [0.05, 0.1) is 6.61 Å². The average molecular weight is 434 g/mol. The lowest BCUT2D eigenvalue weighted by Gasteiger charge is -2.16. The summed E-state index contributed by atoms with van der Waals surface area (Å²) in [6.07, 6.45) is -1.22. The van der Waals surface area contributed by atoms with Crippen LogP contribution in [0.1, 0.15) is 40.5 Å². The van der Waals surface area contributed by atoms with Gasteiger partial charge >= 0.3 is 5.97 Å². The summed E-state index contributed by atoms with van der Waals surface area (Å²) in [6, 6.07) is 15.6. The highest BCUT2D eigenvalue weighted by Crippen LogP contribution is 2.31. The number of hydrogen-bond donors (Lipinski definition) is 1. The number of aryl methyl sites for hydroxylation is 2. The third kappa shape index (κ3) is 4.34. The van der Waals surface area contributed by atoms with Crippen molar-refractivity contribution in [2.75, 3.05) is 11.9 Å². The highest BCUT2D eigenvalue weighted by Gasteiger charge is 2.29. The average Bonchev–Trinajstić information content (AvgIpc) is 3.35. The van der Waals surface area contributed by atoms with Crippen LogP contribution in [0.2, 0.25) is 0 Å². The number of ether oxygens (including phenoxy) is 2. The number of aromatic nitrogens is 1. The van der Waals surface area contributed by atoms with Gasteiger partial charge in [-0.05, 0) is 39.0 Å². The van der Waals surface area contributed by atoms with Crippen molar-refractivity contribution in [2.24, 2.45) is 0 Å². The van der Waals surface area contributed by atoms with Gasteiger partial charge in [0.25, 0.3) is 5.91 Å². The van der Waals surface area contributed by atoms with Crippen molar-refractivity contribution in [1.82, 2.24) is 5.16 Å². The summed E-state index contributed by atoms with van der Waals surface area (Å²) in [7, 11) is 0. The van der Waals surface area contributed by atoms with Gasteiger partial charge in [0.1, 0.15) is 17.1 Å². The molecule has 1 amide bonds. The van der Waals surface area contributed by atoms with Gasteiger partial charge < -0.3 is 23.7 Å². The van der Waals surface area contributed by atoms with Crippen molar-refractivity contribution < 1.29 is 28.0 Å². The molecule has 2 aromatic carbocycles. The maximum Gasteiger partial charge on any atom is 0.375 e. The summed E-state index contributed by atoms with van der Waals surface area (Å²) in [6.45, 7) is 5.88. The number of carbonyl (C=O) groups excluding carboxylic acids is 2. The second-order valence-electron chi connectivity index (χ2n) is 7.16. The van der Waals surface area contributed by atoms with Gasteiger partial charge in [0.2, 0.25) is 11.9 Å². The Morgan fingerprint density at radius 1 is 1.09 bits per heavy atom. The van der Waals surface area contributed by atoms with Gasteiger partial charge in [0, 0.05) is 22.6 Å². The molecule has 0 aliphatic rings. The van der Waals surface area contributed by atoms with Gasteiger partial charge in [-0.2, -0.15) is 0 Å². The van der Waals surface area contributed by atoms with E-state index < -0.39 is 18.0 Å². The maximum atomic E-state index is 13.0. The van der Waals surface area contributed by atoms with E-state index in [2.05, 4.69) is 10.5 Å². The van der Waals surface area contributed by atoms with Crippen molar-refractivity contribution in [3.63, 3.8) is 0 Å². The predicted octanol–water partition coefficient (Wildman–Crippen LogP) is 4.97. The van der Waals surface area contributed by atoms with Crippen LogP contribution in [0, 0.1) is 13.8 Å². The lowest BCUT2D eigenvalue weighted by atomic mass is 10.1. The largest absolute Gasteiger partial charge is 0.494 e. The van der Waals surface area contributed by atoms with Crippen molar-refractivity contribution in [2.45, 2.75) is 26.9 Å². The molecule has 2 aromatic heterocycles. The van der Waals surface area contributed by atoms with Crippen LogP contribution in [0.5, 0.6) is 5.75 Å². The van der Waals surface area contributed by atoms with Crippen LogP contribution >= 0.6 is 0 Å². The molecular weight excluding hydrogens is 412 g/mol. The molecule has 4 aromatic rings. The molecule has 8 heteroatoms. The minimum atomic E-state index is -1.22. The van der Waals surface area contributed by atoms with Crippen LogP contribution in [0.4, 0.5) is 5.82 Å². The molecule has 4 rings (SSSR count). The van der Waals surface area contributed by atoms with Crippen LogP contribution in [0.15, 0.2) is 63.5 Å². The quantitative estimate of drug-likeness (QED) is 0.409. The smallest absolute Gasteiger partial charge is 0.375 e. The van der Waals surface area contributed by atoms with Crippen molar-refractivity contribution >= 4 is 28.7 Å². The third-order valence-corrected chi connectivity index (χ3v) is 4.85. The summed E-state index contributed by atoms with van der Waals surface area (Å²) in [5.41, 5.74) is 1.63. The first kappa shape index (κ1) is 21.2. The van der Waals surface area contributed by atoms with E-state index >= 15 is 0 Å². The zero-order valence-electron chi connectivity index (χ0n) is 17.9. The van der Waals surface area contributed by atoms with Crippen LogP contribution in [-0.2, 0) is 9.53 Å². The number of hydrogen-bond acceptors (Lipinski definition) is 7. The molecule has 1 atom stereocenters. The standard InChI is InChI=1S/C24H22N2O6/c1-4-29-17-10-11-19-18(13-17)15(3)21(30-19)24(28)31-22(16-8-6-5-7-9-16)23(27)25-20-12-14(2)32-26-20/h5-13,22H,4H2,1-3H3,(H,25,26,27). The summed E-state index contributed by atoms with van der Waals surface area (Å²) in [5, 5.41) is 7.11. The second-order valence-corrected chi connectivity index (χ2v) is 7.16. The van der Waals surface area contributed by atoms with E-state index in [4.69, 9.17) is 18.4 Å². The van der Waals surface area contributed by atoms with Gasteiger partial charge in [-0.1, -0.05) is 35.5 Å². The molecule has 0 fully saturated rings. The summed E-state index contributed by atoms with van der Waals surface area (Å²) < 4.78 is 21.9. The highest BCUT2D eigenvalue weighted by molar-refractivity contribution is 5.99. The number of anilines is 1. The van der Waals surface area contributed by atoms with E-state index in [1.165, 1.54) is 0 Å². The molecular formula is C24H22N2O6. The Morgan fingerprint density at radius 2 is 1.88 bits per heavy atom. The molecule has 0 spiro atoms. The number of rotatable bonds is 7. The van der Waals surface area contributed by atoms with E-state index in [1.807, 2.05) is 13.0 Å². The zero-order valence-corrected chi connectivity index (χ0v) is 17.9. The lowest BCUT2D eigenvalue weighted by Crippen LogP contribution is -2.26. The predicted molar refractivity (Wildman–Crippen MR) is 117 cm³/mol. The molecule has 32 heavy (non-hydrogen) atoms. The lowest BCUT2D eigenvalue weighted by molar-refractivity contribution is -0.125. The number of benzene rings is 2. The number of carbonyl (C=O) groups is 2. The van der Waals surface area contributed by atoms with Gasteiger partial charge in [-0.25, -0.2) is 4.79 Å². The van der Waals surface area contributed by atoms with Crippen LogP contribution in [0.3, 0.4) is 0 Å². The molecule has 0 radical (unpaired) electrons. The number of esters is 1. The Bertz CT molecular complexity index is 1260. The Hall–Kier alpha value is -4.07. The fourth-order valence-corrected chi connectivity index (χ4v) is 3.33. The molecule has 2 heterocycles. The Balaban J connectivity index is 1.62. The van der Waals surface area contributed by atoms with Crippen molar-refractivity contribution in [3.05, 3.63) is 77.2 Å². The molecule has 1 unspecified atom stereocenters. The fraction of sp³-hybridized carbons (Fsp3) is 0.208. The Kier molecular flexibility index (Phi) is 5.93. The molecule has 164 valence electrons. The van der Waals surface area contributed by atoms with Crippen LogP contribution in [0.25, 0.3) is 11.0 Å². The van der Waals surface area contributed by atoms with Crippen LogP contribution < -0.4 is 10.1 Å². The highest BCUT2D eigenvalue weighted by atomic mass is 16.6. The van der Waals surface area contributed by atoms with E-state index in [1.54, 1.807) is 62.4 Å². The summed E-state index contributed by atoms with van der Waals surface area (Å²) in [4.78, 5) is 26.0. The molecule has 1 N–H and O–H groups in total. The summed E-state index contributed by atoms with van der Waals surface area (Å²) in [5.74, 6) is 0.154.